The van der Waals surface area contributed by atoms with E-state index in [4.69, 9.17) is 9.15 Å². The van der Waals surface area contributed by atoms with Crippen LogP contribution in [-0.4, -0.2) is 17.8 Å². The zero-order chi connectivity index (χ0) is 12.0. The van der Waals surface area contributed by atoms with Crippen molar-refractivity contribution >= 4 is 11.8 Å². The predicted octanol–water partition coefficient (Wildman–Crippen LogP) is 3.38. The van der Waals surface area contributed by atoms with Crippen LogP contribution in [0, 0.1) is 0 Å². The van der Waals surface area contributed by atoms with E-state index in [0.717, 1.165) is 11.8 Å². The molecular formula is C9H10F3NO2S. The van der Waals surface area contributed by atoms with E-state index in [1.165, 1.54) is 13.4 Å². The van der Waals surface area contributed by atoms with Gasteiger partial charge >= 0.3 is 6.08 Å². The molecular weight excluding hydrogens is 243 g/mol. The monoisotopic (exact) mass is 253 g/mol. The summed E-state index contributed by atoms with van der Waals surface area (Å²) >= 11 is 1.07. The minimum absolute atomic E-state index is 0.149. The number of oxazole rings is 1. The average molecular weight is 253 g/mol. The van der Waals surface area contributed by atoms with Gasteiger partial charge < -0.3 is 9.15 Å². The summed E-state index contributed by atoms with van der Waals surface area (Å²) < 4.78 is 45.6. The van der Waals surface area contributed by atoms with E-state index in [0.29, 0.717) is 17.5 Å². The second-order valence-corrected chi connectivity index (χ2v) is 3.85. The number of rotatable bonds is 6. The molecule has 0 saturated heterocycles. The maximum Gasteiger partial charge on any atom is 0.301 e. The van der Waals surface area contributed by atoms with Crippen LogP contribution >= 0.6 is 11.8 Å². The van der Waals surface area contributed by atoms with Crippen molar-refractivity contribution in [1.29, 1.82) is 0 Å². The Morgan fingerprint density at radius 1 is 1.50 bits per heavy atom. The Balaban J connectivity index is 2.34. The molecule has 3 nitrogen and oxygen atoms in total. The van der Waals surface area contributed by atoms with Crippen LogP contribution in [0.25, 0.3) is 0 Å². The molecule has 90 valence electrons. The summed E-state index contributed by atoms with van der Waals surface area (Å²) in [4.78, 5) is 3.99. The first-order valence-electron chi connectivity index (χ1n) is 4.39. The molecule has 0 aliphatic rings. The van der Waals surface area contributed by atoms with Gasteiger partial charge in [0.05, 0.1) is 6.61 Å². The Kier molecular flexibility index (Phi) is 5.41. The normalized spacial score (nSPS) is 10.5. The minimum atomic E-state index is -2.27. The topological polar surface area (TPSA) is 35.3 Å². The molecule has 16 heavy (non-hydrogen) atoms. The van der Waals surface area contributed by atoms with Crippen molar-refractivity contribution < 1.29 is 22.3 Å². The van der Waals surface area contributed by atoms with Crippen LogP contribution in [-0.2, 0) is 11.3 Å². The van der Waals surface area contributed by atoms with Gasteiger partial charge in [-0.3, -0.25) is 0 Å². The van der Waals surface area contributed by atoms with Crippen LogP contribution in [0.15, 0.2) is 27.8 Å². The molecule has 0 spiro atoms. The Bertz CT molecular complexity index is 363. The zero-order valence-electron chi connectivity index (χ0n) is 8.50. The number of thioether (sulfide) groups is 1. The Hall–Kier alpha value is -0.950. The van der Waals surface area contributed by atoms with Crippen LogP contribution in [0.1, 0.15) is 12.1 Å². The van der Waals surface area contributed by atoms with E-state index in [9.17, 15) is 13.2 Å². The summed E-state index contributed by atoms with van der Waals surface area (Å²) in [6.07, 6.45) is -1.20. The van der Waals surface area contributed by atoms with Gasteiger partial charge in [-0.05, 0) is 0 Å². The van der Waals surface area contributed by atoms with E-state index in [-0.39, 0.29) is 12.2 Å². The van der Waals surface area contributed by atoms with Crippen LogP contribution in [0.2, 0.25) is 0 Å². The number of methoxy groups -OCH3 is 1. The number of halogens is 3. The van der Waals surface area contributed by atoms with Gasteiger partial charge in [0.15, 0.2) is 5.83 Å². The lowest BCUT2D eigenvalue weighted by molar-refractivity contribution is 0.181. The SMILES string of the molecule is COCc1coc(SCCC(F)=C(F)F)n1. The highest BCUT2D eigenvalue weighted by Gasteiger charge is 2.08. The van der Waals surface area contributed by atoms with E-state index < -0.39 is 11.9 Å². The van der Waals surface area contributed by atoms with Gasteiger partial charge in [-0.2, -0.15) is 8.78 Å². The second kappa shape index (κ2) is 6.59. The summed E-state index contributed by atoms with van der Waals surface area (Å²) in [7, 11) is 1.52. The van der Waals surface area contributed by atoms with Crippen LogP contribution in [0.3, 0.4) is 0 Å². The summed E-state index contributed by atoms with van der Waals surface area (Å²) in [5.41, 5.74) is 0.609. The zero-order valence-corrected chi connectivity index (χ0v) is 9.32. The molecule has 0 saturated carbocycles. The lowest BCUT2D eigenvalue weighted by Crippen LogP contribution is -1.87. The van der Waals surface area contributed by atoms with Crippen molar-refractivity contribution in [1.82, 2.24) is 4.98 Å². The van der Waals surface area contributed by atoms with E-state index in [1.54, 1.807) is 0 Å². The van der Waals surface area contributed by atoms with Crippen molar-refractivity contribution in [3.63, 3.8) is 0 Å². The molecule has 1 rings (SSSR count). The summed E-state index contributed by atoms with van der Waals surface area (Å²) in [6, 6.07) is 0. The van der Waals surface area contributed by atoms with Gasteiger partial charge in [-0.1, -0.05) is 11.8 Å². The van der Waals surface area contributed by atoms with Gasteiger partial charge in [0.1, 0.15) is 12.0 Å². The molecule has 0 fully saturated rings. The molecule has 0 atom stereocenters. The average Bonchev–Trinajstić information content (AvgIpc) is 2.66. The quantitative estimate of drug-likeness (QED) is 0.728. The molecule has 1 aromatic rings. The number of ether oxygens (including phenoxy) is 1. The molecule has 0 aliphatic heterocycles. The first kappa shape index (κ1) is 13.1. The molecule has 1 aromatic heterocycles. The van der Waals surface area contributed by atoms with Crippen molar-refractivity contribution in [2.24, 2.45) is 0 Å². The van der Waals surface area contributed by atoms with Gasteiger partial charge in [-0.25, -0.2) is 9.37 Å². The number of hydrogen-bond acceptors (Lipinski definition) is 4. The first-order chi connectivity index (χ1) is 7.63. The highest BCUT2D eigenvalue weighted by atomic mass is 32.2. The molecule has 0 radical (unpaired) electrons. The van der Waals surface area contributed by atoms with E-state index >= 15 is 0 Å². The highest BCUT2D eigenvalue weighted by molar-refractivity contribution is 7.99. The smallest absolute Gasteiger partial charge is 0.301 e. The molecule has 0 bridgehead atoms. The molecule has 1 heterocycles. The number of aromatic nitrogens is 1. The van der Waals surface area contributed by atoms with Crippen LogP contribution in [0.4, 0.5) is 13.2 Å². The fourth-order valence-electron chi connectivity index (χ4n) is 0.891. The van der Waals surface area contributed by atoms with Crippen molar-refractivity contribution in [2.45, 2.75) is 18.3 Å². The van der Waals surface area contributed by atoms with Crippen LogP contribution < -0.4 is 0 Å². The van der Waals surface area contributed by atoms with Crippen LogP contribution in [0.5, 0.6) is 0 Å². The van der Waals surface area contributed by atoms with Gasteiger partial charge in [0.25, 0.3) is 5.22 Å². The maximum absolute atomic E-state index is 12.4. The molecule has 0 N–H and O–H groups in total. The number of allylic oxidation sites excluding steroid dienone is 1. The maximum atomic E-state index is 12.4. The molecule has 0 aliphatic carbocycles. The van der Waals surface area contributed by atoms with Crippen molar-refractivity contribution in [3.8, 4) is 0 Å². The standard InChI is InChI=1S/C9H10F3NO2S/c1-14-4-6-5-15-9(13-6)16-3-2-7(10)8(11)12/h5H,2-4H2,1H3. The van der Waals surface area contributed by atoms with Gasteiger partial charge in [-0.15, -0.1) is 0 Å². The Labute approximate surface area is 94.7 Å². The summed E-state index contributed by atoms with van der Waals surface area (Å²) in [5, 5.41) is 0.319. The predicted molar refractivity (Wildman–Crippen MR) is 52.9 cm³/mol. The second-order valence-electron chi connectivity index (χ2n) is 2.80. The minimum Gasteiger partial charge on any atom is -0.440 e. The first-order valence-corrected chi connectivity index (χ1v) is 5.38. The van der Waals surface area contributed by atoms with E-state index in [2.05, 4.69) is 4.98 Å². The Morgan fingerprint density at radius 2 is 2.25 bits per heavy atom. The molecule has 0 unspecified atom stereocenters. The van der Waals surface area contributed by atoms with Crippen molar-refractivity contribution in [3.05, 3.63) is 23.9 Å². The molecule has 0 aromatic carbocycles. The number of hydrogen-bond donors (Lipinski definition) is 0. The van der Waals surface area contributed by atoms with Gasteiger partial charge in [0.2, 0.25) is 0 Å². The Morgan fingerprint density at radius 3 is 2.88 bits per heavy atom. The lowest BCUT2D eigenvalue weighted by Gasteiger charge is -1.94. The van der Waals surface area contributed by atoms with E-state index in [1.807, 2.05) is 0 Å². The fraction of sp³-hybridized carbons (Fsp3) is 0.444. The van der Waals surface area contributed by atoms with Gasteiger partial charge in [0, 0.05) is 19.3 Å². The number of nitrogens with zero attached hydrogens (tertiary/aromatic N) is 1. The lowest BCUT2D eigenvalue weighted by atomic mass is 10.4. The molecule has 7 heteroatoms. The summed E-state index contributed by atoms with van der Waals surface area (Å²) in [6.45, 7) is 0.317. The third kappa shape index (κ3) is 4.28. The van der Waals surface area contributed by atoms with Crippen molar-refractivity contribution in [2.75, 3.05) is 12.9 Å². The largest absolute Gasteiger partial charge is 0.440 e. The summed E-state index contributed by atoms with van der Waals surface area (Å²) in [5.74, 6) is -1.24. The third-order valence-electron chi connectivity index (χ3n) is 1.58. The fourth-order valence-corrected chi connectivity index (χ4v) is 1.65. The highest BCUT2D eigenvalue weighted by Crippen LogP contribution is 2.22. The molecule has 0 amide bonds. The third-order valence-corrected chi connectivity index (χ3v) is 2.42.